The van der Waals surface area contributed by atoms with Gasteiger partial charge in [0.15, 0.2) is 0 Å². The van der Waals surface area contributed by atoms with Gasteiger partial charge in [-0.25, -0.2) is 9.97 Å². The van der Waals surface area contributed by atoms with Crippen molar-refractivity contribution >= 4 is 5.91 Å². The van der Waals surface area contributed by atoms with Crippen LogP contribution >= 0.6 is 0 Å². The fourth-order valence-electron chi connectivity index (χ4n) is 4.01. The Morgan fingerprint density at radius 3 is 2.78 bits per heavy atom. The molecule has 4 heterocycles. The Hall–Kier alpha value is -2.28. The molecule has 7 heteroatoms. The van der Waals surface area contributed by atoms with Gasteiger partial charge in [-0.3, -0.25) is 9.48 Å². The molecular weight excluding hydrogens is 340 g/mol. The van der Waals surface area contributed by atoms with Crippen LogP contribution in [-0.4, -0.2) is 62.1 Å². The molecule has 27 heavy (non-hydrogen) atoms. The molecule has 4 rings (SSSR count). The van der Waals surface area contributed by atoms with Crippen LogP contribution in [0.15, 0.2) is 18.6 Å². The molecule has 1 fully saturated rings. The van der Waals surface area contributed by atoms with Crippen molar-refractivity contribution in [2.45, 2.75) is 51.6 Å². The molecule has 2 aliphatic heterocycles. The third kappa shape index (κ3) is 4.18. The first-order valence-corrected chi connectivity index (χ1v) is 9.88. The third-order valence-corrected chi connectivity index (χ3v) is 5.67. The number of likely N-dealkylation sites (N-methyl/N-ethyl adjacent to an activating group) is 1. The molecular formula is C20H28N6O. The molecule has 2 aromatic heterocycles. The maximum Gasteiger partial charge on any atom is 0.224 e. The van der Waals surface area contributed by atoms with Gasteiger partial charge in [0.1, 0.15) is 5.82 Å². The maximum atomic E-state index is 12.5. The van der Waals surface area contributed by atoms with E-state index >= 15 is 0 Å². The standard InChI is InChI=1S/C20H28N6O/c1-15-11-22-26(13-15)10-6-19(27)25-8-3-16(4-9-25)20-21-12-17-14-24(2)7-5-18(17)23-20/h11-13,16H,3-10,14H2,1-2H3. The first-order valence-electron chi connectivity index (χ1n) is 9.88. The van der Waals surface area contributed by atoms with Gasteiger partial charge in [0.25, 0.3) is 0 Å². The van der Waals surface area contributed by atoms with Crippen LogP contribution in [0.1, 0.15) is 47.8 Å². The zero-order valence-electron chi connectivity index (χ0n) is 16.3. The second kappa shape index (κ2) is 7.76. The van der Waals surface area contributed by atoms with Crippen LogP contribution < -0.4 is 0 Å². The number of piperidine rings is 1. The smallest absolute Gasteiger partial charge is 0.224 e. The van der Waals surface area contributed by atoms with Crippen molar-refractivity contribution in [3.63, 3.8) is 0 Å². The molecule has 0 N–H and O–H groups in total. The topological polar surface area (TPSA) is 67.2 Å². The normalized spacial score (nSPS) is 18.5. The van der Waals surface area contributed by atoms with Crippen molar-refractivity contribution in [3.05, 3.63) is 41.2 Å². The summed E-state index contributed by atoms with van der Waals surface area (Å²) in [5.74, 6) is 1.56. The lowest BCUT2D eigenvalue weighted by atomic mass is 9.95. The average Bonchev–Trinajstić information content (AvgIpc) is 3.11. The molecule has 1 amide bonds. The quantitative estimate of drug-likeness (QED) is 0.823. The maximum absolute atomic E-state index is 12.5. The van der Waals surface area contributed by atoms with Crippen molar-refractivity contribution in [1.29, 1.82) is 0 Å². The van der Waals surface area contributed by atoms with Gasteiger partial charge in [-0.2, -0.15) is 5.10 Å². The van der Waals surface area contributed by atoms with E-state index in [-0.39, 0.29) is 5.91 Å². The highest BCUT2D eigenvalue weighted by molar-refractivity contribution is 5.76. The lowest BCUT2D eigenvalue weighted by molar-refractivity contribution is -0.132. The van der Waals surface area contributed by atoms with Gasteiger partial charge in [-0.15, -0.1) is 0 Å². The summed E-state index contributed by atoms with van der Waals surface area (Å²) in [6.07, 6.45) is 9.23. The highest BCUT2D eigenvalue weighted by atomic mass is 16.2. The largest absolute Gasteiger partial charge is 0.343 e. The van der Waals surface area contributed by atoms with Crippen molar-refractivity contribution in [3.8, 4) is 0 Å². The van der Waals surface area contributed by atoms with Gasteiger partial charge in [-0.1, -0.05) is 0 Å². The second-order valence-electron chi connectivity index (χ2n) is 7.87. The Labute approximate surface area is 160 Å². The van der Waals surface area contributed by atoms with Gasteiger partial charge in [-0.05, 0) is 32.4 Å². The van der Waals surface area contributed by atoms with Crippen LogP contribution in [0.2, 0.25) is 0 Å². The fourth-order valence-corrected chi connectivity index (χ4v) is 4.01. The van der Waals surface area contributed by atoms with E-state index in [9.17, 15) is 4.79 Å². The summed E-state index contributed by atoms with van der Waals surface area (Å²) in [7, 11) is 2.14. The van der Waals surface area contributed by atoms with Crippen molar-refractivity contribution in [1.82, 2.24) is 29.5 Å². The van der Waals surface area contributed by atoms with Crippen molar-refractivity contribution < 1.29 is 4.79 Å². The summed E-state index contributed by atoms with van der Waals surface area (Å²) in [6.45, 7) is 6.26. The molecule has 2 aliphatic rings. The number of hydrogen-bond acceptors (Lipinski definition) is 5. The molecule has 144 valence electrons. The third-order valence-electron chi connectivity index (χ3n) is 5.67. The predicted octanol–water partition coefficient (Wildman–Crippen LogP) is 1.77. The number of rotatable bonds is 4. The number of aryl methyl sites for hydroxylation is 2. The Bertz CT molecular complexity index is 809. The summed E-state index contributed by atoms with van der Waals surface area (Å²) in [5, 5.41) is 4.25. The number of amides is 1. The minimum absolute atomic E-state index is 0.219. The molecule has 0 atom stereocenters. The molecule has 0 radical (unpaired) electrons. The van der Waals surface area contributed by atoms with E-state index in [1.165, 1.54) is 11.3 Å². The van der Waals surface area contributed by atoms with Gasteiger partial charge >= 0.3 is 0 Å². The highest BCUT2D eigenvalue weighted by Gasteiger charge is 2.26. The number of aromatic nitrogens is 4. The van der Waals surface area contributed by atoms with E-state index in [2.05, 4.69) is 22.0 Å². The van der Waals surface area contributed by atoms with Gasteiger partial charge in [0.2, 0.25) is 5.91 Å². The molecule has 0 unspecified atom stereocenters. The van der Waals surface area contributed by atoms with Crippen LogP contribution in [0.4, 0.5) is 0 Å². The summed E-state index contributed by atoms with van der Waals surface area (Å²) in [5.41, 5.74) is 3.60. The molecule has 0 aliphatic carbocycles. The van der Waals surface area contributed by atoms with Crippen LogP contribution in [0.25, 0.3) is 0 Å². The minimum Gasteiger partial charge on any atom is -0.343 e. The van der Waals surface area contributed by atoms with Crippen LogP contribution in [-0.2, 0) is 24.3 Å². The highest BCUT2D eigenvalue weighted by Crippen LogP contribution is 2.27. The molecule has 0 spiro atoms. The number of likely N-dealkylation sites (tertiary alicyclic amines) is 1. The molecule has 1 saturated heterocycles. The van der Waals surface area contributed by atoms with Crippen molar-refractivity contribution in [2.75, 3.05) is 26.7 Å². The number of carbonyl (C=O) groups is 1. The number of fused-ring (bicyclic) bond motifs is 1. The van der Waals surface area contributed by atoms with E-state index in [4.69, 9.17) is 4.98 Å². The van der Waals surface area contributed by atoms with Crippen LogP contribution in [0.3, 0.4) is 0 Å². The van der Waals surface area contributed by atoms with Gasteiger partial charge < -0.3 is 9.80 Å². The summed E-state index contributed by atoms with van der Waals surface area (Å²) < 4.78 is 1.85. The first-order chi connectivity index (χ1) is 13.1. The molecule has 2 aromatic rings. The molecule has 0 saturated carbocycles. The summed E-state index contributed by atoms with van der Waals surface area (Å²) >= 11 is 0. The average molecular weight is 368 g/mol. The lowest BCUT2D eigenvalue weighted by Crippen LogP contribution is -2.38. The number of hydrogen-bond donors (Lipinski definition) is 0. The molecule has 0 aromatic carbocycles. The number of carbonyl (C=O) groups excluding carboxylic acids is 1. The summed E-state index contributed by atoms with van der Waals surface area (Å²) in [4.78, 5) is 26.3. The predicted molar refractivity (Wildman–Crippen MR) is 102 cm³/mol. The lowest BCUT2D eigenvalue weighted by Gasteiger charge is -2.32. The zero-order chi connectivity index (χ0) is 18.8. The SMILES string of the molecule is Cc1cnn(CCC(=O)N2CCC(c3ncc4c(n3)CCN(C)C4)CC2)c1. The Balaban J connectivity index is 1.30. The Morgan fingerprint density at radius 2 is 2.04 bits per heavy atom. The van der Waals surface area contributed by atoms with Gasteiger partial charge in [0, 0.05) is 75.1 Å². The van der Waals surface area contributed by atoms with Crippen LogP contribution in [0.5, 0.6) is 0 Å². The minimum atomic E-state index is 0.219. The molecule has 0 bridgehead atoms. The Kier molecular flexibility index (Phi) is 5.20. The van der Waals surface area contributed by atoms with E-state index < -0.39 is 0 Å². The monoisotopic (exact) mass is 368 g/mol. The van der Waals surface area contributed by atoms with Gasteiger partial charge in [0.05, 0.1) is 6.20 Å². The zero-order valence-corrected chi connectivity index (χ0v) is 16.3. The fraction of sp³-hybridized carbons (Fsp3) is 0.600. The Morgan fingerprint density at radius 1 is 1.22 bits per heavy atom. The van der Waals surface area contributed by atoms with E-state index in [1.54, 1.807) is 0 Å². The number of nitrogens with zero attached hydrogens (tertiary/aromatic N) is 6. The van der Waals surface area contributed by atoms with E-state index in [0.717, 1.165) is 56.8 Å². The first kappa shape index (κ1) is 18.1. The molecule has 7 nitrogen and oxygen atoms in total. The van der Waals surface area contributed by atoms with E-state index in [1.807, 2.05) is 35.1 Å². The second-order valence-corrected chi connectivity index (χ2v) is 7.87. The van der Waals surface area contributed by atoms with Crippen molar-refractivity contribution in [2.24, 2.45) is 0 Å². The summed E-state index contributed by atoms with van der Waals surface area (Å²) in [6, 6.07) is 0. The van der Waals surface area contributed by atoms with Crippen LogP contribution in [0, 0.1) is 6.92 Å². The van der Waals surface area contributed by atoms with E-state index in [0.29, 0.717) is 18.9 Å².